The van der Waals surface area contributed by atoms with Gasteiger partial charge in [-0.25, -0.2) is 4.79 Å². The quantitative estimate of drug-likeness (QED) is 0.154. The summed E-state index contributed by atoms with van der Waals surface area (Å²) in [7, 11) is 0. The largest absolute Gasteiger partial charge is 0.447 e. The number of unbranched alkanes of at least 4 members (excludes halogenated alkanes) is 5. The summed E-state index contributed by atoms with van der Waals surface area (Å²) in [5.41, 5.74) is 1.56. The van der Waals surface area contributed by atoms with Crippen molar-refractivity contribution in [2.24, 2.45) is 0 Å². The Morgan fingerprint density at radius 1 is 0.975 bits per heavy atom. The van der Waals surface area contributed by atoms with E-state index in [0.717, 1.165) is 41.3 Å². The van der Waals surface area contributed by atoms with E-state index in [4.69, 9.17) is 4.74 Å². The molecule has 4 N–H and O–H groups in total. The number of aliphatic hydroxyl groups is 1. The molecule has 3 aromatic rings. The highest BCUT2D eigenvalue weighted by Crippen LogP contribution is 2.24. The van der Waals surface area contributed by atoms with Gasteiger partial charge >= 0.3 is 6.09 Å². The fourth-order valence-electron chi connectivity index (χ4n) is 5.09. The zero-order chi connectivity index (χ0) is 29.0. The zero-order valence-corrected chi connectivity index (χ0v) is 24.5. The maximum absolute atomic E-state index is 13.8. The van der Waals surface area contributed by atoms with Gasteiger partial charge in [0, 0.05) is 23.5 Å². The van der Waals surface area contributed by atoms with E-state index < -0.39 is 23.8 Å². The van der Waals surface area contributed by atoms with Crippen LogP contribution >= 0.6 is 0 Å². The highest BCUT2D eigenvalue weighted by atomic mass is 16.6. The predicted octanol–water partition coefficient (Wildman–Crippen LogP) is 6.44. The van der Waals surface area contributed by atoms with Gasteiger partial charge in [0.2, 0.25) is 5.91 Å². The van der Waals surface area contributed by atoms with Crippen LogP contribution in [0.25, 0.3) is 10.9 Å². The van der Waals surface area contributed by atoms with Crippen LogP contribution < -0.4 is 10.6 Å². The number of H-pyrrole nitrogens is 1. The average Bonchev–Trinajstić information content (AvgIpc) is 3.33. The molecule has 2 aromatic carbocycles. The van der Waals surface area contributed by atoms with Gasteiger partial charge in [0.1, 0.15) is 11.6 Å². The van der Waals surface area contributed by atoms with Gasteiger partial charge in [-0.3, -0.25) is 4.79 Å². The van der Waals surface area contributed by atoms with Gasteiger partial charge in [-0.15, -0.1) is 0 Å². The highest BCUT2D eigenvalue weighted by Gasteiger charge is 2.38. The molecule has 0 bridgehead atoms. The number of benzene rings is 2. The zero-order valence-electron chi connectivity index (χ0n) is 24.5. The number of para-hydroxylation sites is 1. The number of carbonyl (C=O) groups excluding carboxylic acids is 2. The van der Waals surface area contributed by atoms with Crippen molar-refractivity contribution in [3.8, 4) is 0 Å². The number of ether oxygens (including phenoxy) is 1. The van der Waals surface area contributed by atoms with E-state index in [1.165, 1.54) is 25.7 Å². The molecule has 0 fully saturated rings. The summed E-state index contributed by atoms with van der Waals surface area (Å²) >= 11 is 0. The molecule has 2 amide bonds. The summed E-state index contributed by atoms with van der Waals surface area (Å²) in [5.74, 6) is -0.375. The lowest BCUT2D eigenvalue weighted by atomic mass is 9.90. The van der Waals surface area contributed by atoms with Crippen LogP contribution in [0, 0.1) is 0 Å². The van der Waals surface area contributed by atoms with E-state index in [0.29, 0.717) is 6.42 Å². The Kier molecular flexibility index (Phi) is 12.1. The molecule has 0 aliphatic rings. The smallest absolute Gasteiger partial charge is 0.408 e. The molecule has 40 heavy (non-hydrogen) atoms. The third-order valence-corrected chi connectivity index (χ3v) is 7.57. The fourth-order valence-corrected chi connectivity index (χ4v) is 5.09. The van der Waals surface area contributed by atoms with Crippen LogP contribution in [-0.4, -0.2) is 45.9 Å². The van der Waals surface area contributed by atoms with Crippen molar-refractivity contribution in [1.29, 1.82) is 0 Å². The first-order valence-electron chi connectivity index (χ1n) is 14.8. The molecule has 0 radical (unpaired) electrons. The van der Waals surface area contributed by atoms with E-state index in [1.54, 1.807) is 13.8 Å². The molecule has 4 atom stereocenters. The number of hydrogen-bond acceptors (Lipinski definition) is 4. The Balaban J connectivity index is 1.72. The van der Waals surface area contributed by atoms with Gasteiger partial charge in [0.25, 0.3) is 0 Å². The lowest BCUT2D eigenvalue weighted by Crippen LogP contribution is -2.61. The van der Waals surface area contributed by atoms with Crippen molar-refractivity contribution < 1.29 is 19.4 Å². The van der Waals surface area contributed by atoms with Crippen LogP contribution in [0.15, 0.2) is 60.8 Å². The molecule has 0 saturated heterocycles. The van der Waals surface area contributed by atoms with Crippen molar-refractivity contribution in [2.75, 3.05) is 0 Å². The molecule has 3 rings (SSSR count). The maximum atomic E-state index is 13.8. The molecule has 4 unspecified atom stereocenters. The SMILES string of the molecule is CCCCCCCCC(C)OC(=O)NC(C)(Cc1c[nH]c2ccccc12)C(=O)NC(Cc1ccccc1)C(C)O. The van der Waals surface area contributed by atoms with Crippen molar-refractivity contribution in [2.45, 2.75) is 109 Å². The molecule has 218 valence electrons. The molecular formula is C33H47N3O4. The third-order valence-electron chi connectivity index (χ3n) is 7.57. The Bertz CT molecular complexity index is 1190. The first kappa shape index (κ1) is 31.2. The topological polar surface area (TPSA) is 103 Å². The molecule has 0 spiro atoms. The first-order chi connectivity index (χ1) is 19.2. The first-order valence-corrected chi connectivity index (χ1v) is 14.8. The van der Waals surface area contributed by atoms with Crippen LogP contribution in [0.5, 0.6) is 0 Å². The molecule has 0 aliphatic heterocycles. The maximum Gasteiger partial charge on any atom is 0.408 e. The molecule has 0 aliphatic carbocycles. The summed E-state index contributed by atoms with van der Waals surface area (Å²) in [6.45, 7) is 7.48. The number of aliphatic hydroxyl groups excluding tert-OH is 1. The van der Waals surface area contributed by atoms with Crippen molar-refractivity contribution in [3.63, 3.8) is 0 Å². The Hall–Kier alpha value is -3.32. The lowest BCUT2D eigenvalue weighted by Gasteiger charge is -2.32. The fraction of sp³-hybridized carbons (Fsp3) is 0.515. The van der Waals surface area contributed by atoms with Gasteiger partial charge in [0.05, 0.1) is 12.1 Å². The lowest BCUT2D eigenvalue weighted by molar-refractivity contribution is -0.128. The summed E-state index contributed by atoms with van der Waals surface area (Å²) in [6.07, 6.45) is 8.75. The summed E-state index contributed by atoms with van der Waals surface area (Å²) < 4.78 is 5.69. The number of nitrogens with one attached hydrogen (secondary N) is 3. The van der Waals surface area contributed by atoms with E-state index >= 15 is 0 Å². The van der Waals surface area contributed by atoms with Crippen LogP contribution in [0.3, 0.4) is 0 Å². The van der Waals surface area contributed by atoms with Gasteiger partial charge in [-0.1, -0.05) is 87.6 Å². The minimum atomic E-state index is -1.31. The van der Waals surface area contributed by atoms with Crippen LogP contribution in [0.4, 0.5) is 4.79 Å². The van der Waals surface area contributed by atoms with Gasteiger partial charge in [-0.05, 0) is 57.2 Å². The summed E-state index contributed by atoms with van der Waals surface area (Å²) in [6, 6.07) is 17.1. The summed E-state index contributed by atoms with van der Waals surface area (Å²) in [5, 5.41) is 17.4. The molecule has 0 saturated carbocycles. The standard InChI is InChI=1S/C33H47N3O4/c1-5-6-7-8-9-11-16-24(2)40-32(39)36-33(4,22-27-23-34-29-20-15-14-19-28(27)29)31(38)35-30(25(3)37)21-26-17-12-10-13-18-26/h10,12-15,17-20,23-25,30,34,37H,5-9,11,16,21-22H2,1-4H3,(H,35,38)(H,36,39). The van der Waals surface area contributed by atoms with E-state index in [2.05, 4.69) is 22.5 Å². The van der Waals surface area contributed by atoms with Gasteiger partial charge in [-0.2, -0.15) is 0 Å². The van der Waals surface area contributed by atoms with E-state index in [-0.39, 0.29) is 18.4 Å². The monoisotopic (exact) mass is 549 g/mol. The van der Waals surface area contributed by atoms with E-state index in [9.17, 15) is 14.7 Å². The highest BCUT2D eigenvalue weighted by molar-refractivity contribution is 5.91. The number of alkyl carbamates (subject to hydrolysis) is 1. The van der Waals surface area contributed by atoms with Crippen LogP contribution in [0.2, 0.25) is 0 Å². The molecule has 1 heterocycles. The summed E-state index contributed by atoms with van der Waals surface area (Å²) in [4.78, 5) is 30.2. The Morgan fingerprint density at radius 3 is 2.38 bits per heavy atom. The molecular weight excluding hydrogens is 502 g/mol. The normalized spacial score (nSPS) is 15.1. The molecule has 7 nitrogen and oxygen atoms in total. The number of aromatic amines is 1. The minimum Gasteiger partial charge on any atom is -0.447 e. The van der Waals surface area contributed by atoms with Crippen molar-refractivity contribution in [3.05, 3.63) is 71.9 Å². The predicted molar refractivity (Wildman–Crippen MR) is 161 cm³/mol. The van der Waals surface area contributed by atoms with Crippen LogP contribution in [-0.2, 0) is 22.4 Å². The Morgan fingerprint density at radius 2 is 1.65 bits per heavy atom. The van der Waals surface area contributed by atoms with Gasteiger partial charge in [0.15, 0.2) is 0 Å². The average molecular weight is 550 g/mol. The second-order valence-corrected chi connectivity index (χ2v) is 11.3. The van der Waals surface area contributed by atoms with Gasteiger partial charge < -0.3 is 25.5 Å². The Labute approximate surface area is 239 Å². The number of fused-ring (bicyclic) bond motifs is 1. The van der Waals surface area contributed by atoms with Crippen molar-refractivity contribution >= 4 is 22.9 Å². The van der Waals surface area contributed by atoms with E-state index in [1.807, 2.05) is 67.7 Å². The number of hydrogen-bond donors (Lipinski definition) is 4. The number of rotatable bonds is 16. The third kappa shape index (κ3) is 9.40. The number of aromatic nitrogens is 1. The number of carbonyl (C=O) groups is 2. The second kappa shape index (κ2) is 15.5. The second-order valence-electron chi connectivity index (χ2n) is 11.3. The molecule has 7 heteroatoms. The minimum absolute atomic E-state index is 0.252. The van der Waals surface area contributed by atoms with Crippen LogP contribution in [0.1, 0.15) is 83.8 Å². The van der Waals surface area contributed by atoms with Crippen molar-refractivity contribution in [1.82, 2.24) is 15.6 Å². The molecule has 1 aromatic heterocycles. The number of amides is 2.